The standard InChI is InChI=1S/C19H16N6O2/c1-12-9-14(7-8-17(12)25-11-20-22-23-25)21-18(26)10-24-13(2)15-5-3-4-6-16(15)19(24)27/h3-9,11H,2,10H2,1H3,(H,21,26). The number of amides is 2. The molecule has 0 aliphatic carbocycles. The van der Waals surface area contributed by atoms with E-state index in [1.807, 2.05) is 31.2 Å². The molecule has 0 saturated carbocycles. The second-order valence-electron chi connectivity index (χ2n) is 6.19. The number of tetrazole rings is 1. The van der Waals surface area contributed by atoms with Crippen molar-refractivity contribution in [1.29, 1.82) is 0 Å². The van der Waals surface area contributed by atoms with E-state index in [4.69, 9.17) is 0 Å². The molecule has 27 heavy (non-hydrogen) atoms. The topological polar surface area (TPSA) is 93.0 Å². The zero-order valence-corrected chi connectivity index (χ0v) is 14.6. The number of carbonyl (C=O) groups is 2. The second-order valence-corrected chi connectivity index (χ2v) is 6.19. The minimum absolute atomic E-state index is 0.0971. The molecule has 0 unspecified atom stereocenters. The molecule has 8 nitrogen and oxygen atoms in total. The Morgan fingerprint density at radius 3 is 2.63 bits per heavy atom. The fraction of sp³-hybridized carbons (Fsp3) is 0.105. The first-order valence-electron chi connectivity index (χ1n) is 8.28. The van der Waals surface area contributed by atoms with Gasteiger partial charge in [-0.1, -0.05) is 24.8 Å². The van der Waals surface area contributed by atoms with Crippen molar-refractivity contribution in [2.75, 3.05) is 11.9 Å². The van der Waals surface area contributed by atoms with E-state index in [2.05, 4.69) is 27.4 Å². The molecule has 0 radical (unpaired) electrons. The Labute approximate surface area is 155 Å². The Balaban J connectivity index is 1.47. The highest BCUT2D eigenvalue weighted by Crippen LogP contribution is 2.30. The summed E-state index contributed by atoms with van der Waals surface area (Å²) in [6.45, 7) is 5.75. The Morgan fingerprint density at radius 1 is 1.19 bits per heavy atom. The number of carbonyl (C=O) groups excluding carboxylic acids is 2. The van der Waals surface area contributed by atoms with Crippen LogP contribution in [0.1, 0.15) is 21.5 Å². The van der Waals surface area contributed by atoms with Crippen LogP contribution in [-0.2, 0) is 4.79 Å². The number of rotatable bonds is 4. The largest absolute Gasteiger partial charge is 0.325 e. The van der Waals surface area contributed by atoms with Crippen LogP contribution >= 0.6 is 0 Å². The number of benzene rings is 2. The van der Waals surface area contributed by atoms with Crippen molar-refractivity contribution in [2.24, 2.45) is 0 Å². The summed E-state index contributed by atoms with van der Waals surface area (Å²) in [5.41, 5.74) is 4.21. The predicted octanol–water partition coefficient (Wildman–Crippen LogP) is 2.04. The lowest BCUT2D eigenvalue weighted by atomic mass is 10.1. The first kappa shape index (κ1) is 16.6. The average molecular weight is 360 g/mol. The molecule has 134 valence electrons. The highest BCUT2D eigenvalue weighted by Gasteiger charge is 2.31. The number of anilines is 1. The van der Waals surface area contributed by atoms with Gasteiger partial charge >= 0.3 is 0 Å². The fourth-order valence-corrected chi connectivity index (χ4v) is 3.11. The predicted molar refractivity (Wildman–Crippen MR) is 99.0 cm³/mol. The molecule has 1 aliphatic rings. The zero-order valence-electron chi connectivity index (χ0n) is 14.6. The summed E-state index contributed by atoms with van der Waals surface area (Å²) < 4.78 is 1.55. The van der Waals surface area contributed by atoms with Crippen molar-refractivity contribution < 1.29 is 9.59 Å². The summed E-state index contributed by atoms with van der Waals surface area (Å²) in [5.74, 6) is -0.511. The summed E-state index contributed by atoms with van der Waals surface area (Å²) >= 11 is 0. The number of aryl methyl sites for hydroxylation is 1. The molecule has 1 aliphatic heterocycles. The highest BCUT2D eigenvalue weighted by molar-refractivity contribution is 6.11. The third-order valence-electron chi connectivity index (χ3n) is 4.42. The summed E-state index contributed by atoms with van der Waals surface area (Å²) in [5, 5.41) is 13.9. The van der Waals surface area contributed by atoms with E-state index in [-0.39, 0.29) is 18.4 Å². The Morgan fingerprint density at radius 2 is 1.96 bits per heavy atom. The monoisotopic (exact) mass is 360 g/mol. The number of nitrogens with one attached hydrogen (secondary N) is 1. The van der Waals surface area contributed by atoms with Gasteiger partial charge in [-0.05, 0) is 47.2 Å². The summed E-state index contributed by atoms with van der Waals surface area (Å²) in [6.07, 6.45) is 1.50. The lowest BCUT2D eigenvalue weighted by molar-refractivity contribution is -0.116. The maximum Gasteiger partial charge on any atom is 0.259 e. The van der Waals surface area contributed by atoms with Crippen LogP contribution in [0.4, 0.5) is 5.69 Å². The molecule has 0 saturated heterocycles. The average Bonchev–Trinajstić information content (AvgIpc) is 3.26. The van der Waals surface area contributed by atoms with Crippen LogP contribution in [0.5, 0.6) is 0 Å². The normalized spacial score (nSPS) is 13.0. The Hall–Kier alpha value is -3.81. The smallest absolute Gasteiger partial charge is 0.259 e. The molecule has 2 aromatic carbocycles. The van der Waals surface area contributed by atoms with Crippen molar-refractivity contribution in [2.45, 2.75) is 6.92 Å². The van der Waals surface area contributed by atoms with E-state index >= 15 is 0 Å². The van der Waals surface area contributed by atoms with E-state index in [0.717, 1.165) is 16.8 Å². The molecule has 0 bridgehead atoms. The molecule has 4 rings (SSSR count). The molecule has 0 spiro atoms. The third kappa shape index (κ3) is 2.97. The van der Waals surface area contributed by atoms with Crippen LogP contribution in [0.2, 0.25) is 0 Å². The zero-order chi connectivity index (χ0) is 19.0. The van der Waals surface area contributed by atoms with E-state index in [0.29, 0.717) is 16.9 Å². The van der Waals surface area contributed by atoms with Gasteiger partial charge in [-0.15, -0.1) is 5.10 Å². The van der Waals surface area contributed by atoms with Crippen molar-refractivity contribution >= 4 is 23.2 Å². The molecule has 8 heteroatoms. The minimum atomic E-state index is -0.299. The van der Waals surface area contributed by atoms with Crippen molar-refractivity contribution in [3.63, 3.8) is 0 Å². The molecule has 0 fully saturated rings. The molecule has 0 atom stereocenters. The number of hydrogen-bond donors (Lipinski definition) is 1. The van der Waals surface area contributed by atoms with Gasteiger partial charge in [0.2, 0.25) is 5.91 Å². The van der Waals surface area contributed by atoms with Gasteiger partial charge < -0.3 is 5.32 Å². The van der Waals surface area contributed by atoms with Gasteiger partial charge in [-0.3, -0.25) is 14.5 Å². The van der Waals surface area contributed by atoms with Gasteiger partial charge in [-0.2, -0.15) is 0 Å². The van der Waals surface area contributed by atoms with Crippen LogP contribution in [0, 0.1) is 6.92 Å². The maximum atomic E-state index is 12.5. The van der Waals surface area contributed by atoms with E-state index < -0.39 is 0 Å². The van der Waals surface area contributed by atoms with Gasteiger partial charge in [-0.25, -0.2) is 4.68 Å². The first-order valence-corrected chi connectivity index (χ1v) is 8.28. The number of aromatic nitrogens is 4. The molecule has 1 N–H and O–H groups in total. The van der Waals surface area contributed by atoms with E-state index in [1.165, 1.54) is 11.2 Å². The van der Waals surface area contributed by atoms with Gasteiger partial charge in [0.1, 0.15) is 12.9 Å². The number of hydrogen-bond acceptors (Lipinski definition) is 5. The van der Waals surface area contributed by atoms with E-state index in [1.54, 1.807) is 22.9 Å². The lowest BCUT2D eigenvalue weighted by Crippen LogP contribution is -2.32. The molecule has 3 aromatic rings. The van der Waals surface area contributed by atoms with Crippen molar-refractivity contribution in [3.8, 4) is 5.69 Å². The molecule has 2 amide bonds. The number of nitrogens with zero attached hydrogens (tertiary/aromatic N) is 5. The molecular weight excluding hydrogens is 344 g/mol. The van der Waals surface area contributed by atoms with Crippen LogP contribution < -0.4 is 5.32 Å². The summed E-state index contributed by atoms with van der Waals surface area (Å²) in [4.78, 5) is 26.3. The lowest BCUT2D eigenvalue weighted by Gasteiger charge is -2.17. The molecule has 1 aromatic heterocycles. The van der Waals surface area contributed by atoms with Crippen LogP contribution in [-0.4, -0.2) is 43.5 Å². The van der Waals surface area contributed by atoms with Gasteiger partial charge in [0.05, 0.1) is 5.69 Å². The molecule has 2 heterocycles. The van der Waals surface area contributed by atoms with Crippen molar-refractivity contribution in [1.82, 2.24) is 25.1 Å². The first-order chi connectivity index (χ1) is 13.0. The third-order valence-corrected chi connectivity index (χ3v) is 4.42. The minimum Gasteiger partial charge on any atom is -0.325 e. The number of fused-ring (bicyclic) bond motifs is 1. The fourth-order valence-electron chi connectivity index (χ4n) is 3.11. The second kappa shape index (κ2) is 6.49. The van der Waals surface area contributed by atoms with Crippen molar-refractivity contribution in [3.05, 3.63) is 72.1 Å². The van der Waals surface area contributed by atoms with Gasteiger partial charge in [0.15, 0.2) is 0 Å². The summed E-state index contributed by atoms with van der Waals surface area (Å²) in [6, 6.07) is 12.6. The maximum absolute atomic E-state index is 12.5. The van der Waals surface area contributed by atoms with Crippen LogP contribution in [0.15, 0.2) is 55.4 Å². The van der Waals surface area contributed by atoms with Crippen LogP contribution in [0.3, 0.4) is 0 Å². The summed E-state index contributed by atoms with van der Waals surface area (Å²) in [7, 11) is 0. The Bertz CT molecular complexity index is 1020. The van der Waals surface area contributed by atoms with E-state index in [9.17, 15) is 9.59 Å². The Kier molecular flexibility index (Phi) is 4.00. The highest BCUT2D eigenvalue weighted by atomic mass is 16.2. The van der Waals surface area contributed by atoms with Gasteiger partial charge in [0.25, 0.3) is 5.91 Å². The molecular formula is C19H16N6O2. The SMILES string of the molecule is C=C1c2ccccc2C(=O)N1CC(=O)Nc1ccc(-n2cnnn2)c(C)c1. The van der Waals surface area contributed by atoms with Gasteiger partial charge in [0, 0.05) is 22.5 Å². The van der Waals surface area contributed by atoms with Crippen LogP contribution in [0.25, 0.3) is 11.4 Å². The quantitative estimate of drug-likeness (QED) is 0.768.